The summed E-state index contributed by atoms with van der Waals surface area (Å²) < 4.78 is 26.1. The summed E-state index contributed by atoms with van der Waals surface area (Å²) in [7, 11) is 0.354. The largest absolute Gasteiger partial charge is 0.378 e. The van der Waals surface area contributed by atoms with Crippen molar-refractivity contribution in [1.82, 2.24) is 0 Å². The molecule has 0 saturated carbocycles. The number of hydrogen-bond donors (Lipinski definition) is 3. The summed E-state index contributed by atoms with van der Waals surface area (Å²) >= 11 is 0. The molecule has 0 aromatic heterocycles. The van der Waals surface area contributed by atoms with Crippen LogP contribution in [0.5, 0.6) is 0 Å². The van der Waals surface area contributed by atoms with E-state index < -0.39 is 15.9 Å². The molecule has 8 nitrogen and oxygen atoms in total. The first-order valence-corrected chi connectivity index (χ1v) is 12.3. The number of carbonyl (C=O) groups excluding carboxylic acids is 2. The third-order valence-corrected chi connectivity index (χ3v) is 6.45. The Balaban J connectivity index is 1.76. The number of carbonyl (C=O) groups is 2. The zero-order valence-electron chi connectivity index (χ0n) is 19.5. The topological polar surface area (TPSA) is 108 Å². The van der Waals surface area contributed by atoms with Gasteiger partial charge in [-0.1, -0.05) is 18.2 Å². The van der Waals surface area contributed by atoms with E-state index in [0.717, 1.165) is 11.3 Å². The molecule has 0 atom stereocenters. The van der Waals surface area contributed by atoms with Crippen LogP contribution in [0.1, 0.15) is 33.2 Å². The molecule has 0 bridgehead atoms. The van der Waals surface area contributed by atoms with Crippen LogP contribution in [0.3, 0.4) is 0 Å². The molecule has 34 heavy (non-hydrogen) atoms. The zero-order valence-corrected chi connectivity index (χ0v) is 20.4. The van der Waals surface area contributed by atoms with Gasteiger partial charge in [0.1, 0.15) is 0 Å². The molecule has 0 aliphatic heterocycles. The molecule has 9 heteroatoms. The molecule has 0 spiro atoms. The van der Waals surface area contributed by atoms with Crippen molar-refractivity contribution in [2.24, 2.45) is 0 Å². The van der Waals surface area contributed by atoms with Crippen molar-refractivity contribution in [3.63, 3.8) is 0 Å². The van der Waals surface area contributed by atoms with Crippen LogP contribution in [-0.2, 0) is 10.0 Å². The summed E-state index contributed by atoms with van der Waals surface area (Å²) in [6, 6.07) is 18.8. The van der Waals surface area contributed by atoms with E-state index in [9.17, 15) is 18.0 Å². The summed E-state index contributed by atoms with van der Waals surface area (Å²) in [6.45, 7) is 3.37. The summed E-state index contributed by atoms with van der Waals surface area (Å²) in [5, 5.41) is 5.69. The highest BCUT2D eigenvalue weighted by atomic mass is 32.2. The Morgan fingerprint density at radius 1 is 0.824 bits per heavy atom. The molecular formula is C25H28N4O4S. The number of amides is 2. The van der Waals surface area contributed by atoms with Crippen molar-refractivity contribution in [2.75, 3.05) is 40.1 Å². The summed E-state index contributed by atoms with van der Waals surface area (Å²) in [5.41, 5.74) is 3.91. The van der Waals surface area contributed by atoms with Crippen LogP contribution in [0.15, 0.2) is 66.7 Å². The Morgan fingerprint density at radius 2 is 1.47 bits per heavy atom. The van der Waals surface area contributed by atoms with E-state index in [0.29, 0.717) is 28.2 Å². The SMILES string of the molecule is CCS(=O)(=O)Nc1cccc(C(=O)Nc2cc(NC(=O)c3cccc(N(C)C)c3)ccc2C)c1. The van der Waals surface area contributed by atoms with E-state index >= 15 is 0 Å². The number of rotatable bonds is 8. The summed E-state index contributed by atoms with van der Waals surface area (Å²) in [6.07, 6.45) is 0. The molecule has 0 saturated heterocycles. The molecule has 0 heterocycles. The van der Waals surface area contributed by atoms with Gasteiger partial charge in [-0.05, 0) is 67.9 Å². The van der Waals surface area contributed by atoms with E-state index in [-0.39, 0.29) is 11.7 Å². The first kappa shape index (κ1) is 24.8. The van der Waals surface area contributed by atoms with E-state index in [1.165, 1.54) is 13.0 Å². The smallest absolute Gasteiger partial charge is 0.255 e. The van der Waals surface area contributed by atoms with E-state index in [4.69, 9.17) is 0 Å². The molecular weight excluding hydrogens is 452 g/mol. The Morgan fingerprint density at radius 3 is 2.15 bits per heavy atom. The minimum atomic E-state index is -3.45. The van der Waals surface area contributed by atoms with Crippen molar-refractivity contribution in [3.8, 4) is 0 Å². The second-order valence-electron chi connectivity index (χ2n) is 7.97. The maximum absolute atomic E-state index is 12.8. The highest BCUT2D eigenvalue weighted by Gasteiger charge is 2.13. The fourth-order valence-corrected chi connectivity index (χ4v) is 3.76. The van der Waals surface area contributed by atoms with Crippen molar-refractivity contribution >= 4 is 44.6 Å². The Bertz CT molecular complexity index is 1320. The van der Waals surface area contributed by atoms with Crippen LogP contribution in [0.2, 0.25) is 0 Å². The third-order valence-electron chi connectivity index (χ3n) is 5.15. The van der Waals surface area contributed by atoms with Crippen molar-refractivity contribution in [2.45, 2.75) is 13.8 Å². The van der Waals surface area contributed by atoms with Gasteiger partial charge in [0, 0.05) is 48.0 Å². The lowest BCUT2D eigenvalue weighted by Gasteiger charge is -2.14. The minimum absolute atomic E-state index is 0.0689. The fraction of sp³-hybridized carbons (Fsp3) is 0.200. The number of anilines is 4. The summed E-state index contributed by atoms with van der Waals surface area (Å²) in [4.78, 5) is 27.5. The lowest BCUT2D eigenvalue weighted by molar-refractivity contribution is 0.101. The highest BCUT2D eigenvalue weighted by Crippen LogP contribution is 2.23. The van der Waals surface area contributed by atoms with E-state index in [1.54, 1.807) is 48.5 Å². The Labute approximate surface area is 200 Å². The molecule has 0 unspecified atom stereocenters. The molecule has 0 fully saturated rings. The number of benzene rings is 3. The van der Waals surface area contributed by atoms with Crippen LogP contribution in [0.4, 0.5) is 22.7 Å². The first-order chi connectivity index (χ1) is 16.1. The van der Waals surface area contributed by atoms with Gasteiger partial charge in [0.25, 0.3) is 11.8 Å². The standard InChI is InChI=1S/C25H28N4O4S/c1-5-34(32,33)28-21-10-6-8-18(14-21)25(31)27-23-16-20(13-12-17(23)2)26-24(30)19-9-7-11-22(15-19)29(3)4/h6-16,28H,5H2,1-4H3,(H,26,30)(H,27,31). The van der Waals surface area contributed by atoms with Gasteiger partial charge in [0.15, 0.2) is 0 Å². The quantitative estimate of drug-likeness (QED) is 0.445. The molecule has 0 aliphatic rings. The van der Waals surface area contributed by atoms with Crippen molar-refractivity contribution in [3.05, 3.63) is 83.4 Å². The minimum Gasteiger partial charge on any atom is -0.378 e. The van der Waals surface area contributed by atoms with E-state index in [2.05, 4.69) is 15.4 Å². The maximum atomic E-state index is 12.8. The molecule has 3 aromatic rings. The van der Waals surface area contributed by atoms with Crippen LogP contribution in [-0.4, -0.2) is 40.1 Å². The molecule has 0 radical (unpaired) electrons. The number of nitrogens with one attached hydrogen (secondary N) is 3. The second-order valence-corrected chi connectivity index (χ2v) is 9.98. The molecule has 178 valence electrons. The summed E-state index contributed by atoms with van der Waals surface area (Å²) in [5.74, 6) is -0.732. The van der Waals surface area contributed by atoms with Crippen LogP contribution in [0.25, 0.3) is 0 Å². The second kappa shape index (κ2) is 10.4. The number of nitrogens with zero attached hydrogens (tertiary/aromatic N) is 1. The normalized spacial score (nSPS) is 10.9. The molecule has 2 amide bonds. The monoisotopic (exact) mass is 480 g/mol. The van der Waals surface area contributed by atoms with Gasteiger partial charge in [0.05, 0.1) is 5.75 Å². The molecule has 3 aromatic carbocycles. The molecule has 0 aliphatic carbocycles. The third kappa shape index (κ3) is 6.35. The zero-order chi connectivity index (χ0) is 24.9. The predicted molar refractivity (Wildman–Crippen MR) is 137 cm³/mol. The van der Waals surface area contributed by atoms with Gasteiger partial charge in [-0.2, -0.15) is 0 Å². The van der Waals surface area contributed by atoms with Gasteiger partial charge < -0.3 is 15.5 Å². The van der Waals surface area contributed by atoms with Crippen molar-refractivity contribution < 1.29 is 18.0 Å². The van der Waals surface area contributed by atoms with Gasteiger partial charge in [-0.3, -0.25) is 14.3 Å². The number of sulfonamides is 1. The number of hydrogen-bond acceptors (Lipinski definition) is 5. The van der Waals surface area contributed by atoms with Gasteiger partial charge in [-0.25, -0.2) is 8.42 Å². The van der Waals surface area contributed by atoms with E-state index in [1.807, 2.05) is 38.1 Å². The molecule has 3 rings (SSSR count). The lowest BCUT2D eigenvalue weighted by Crippen LogP contribution is -2.17. The Hall–Kier alpha value is -3.85. The van der Waals surface area contributed by atoms with Crippen LogP contribution < -0.4 is 20.3 Å². The predicted octanol–water partition coefficient (Wildman–Crippen LogP) is 4.33. The molecule has 3 N–H and O–H groups in total. The van der Waals surface area contributed by atoms with Crippen LogP contribution >= 0.6 is 0 Å². The fourth-order valence-electron chi connectivity index (χ4n) is 3.13. The Kier molecular flexibility index (Phi) is 7.57. The van der Waals surface area contributed by atoms with Gasteiger partial charge in [-0.15, -0.1) is 0 Å². The van der Waals surface area contributed by atoms with Gasteiger partial charge in [0.2, 0.25) is 10.0 Å². The highest BCUT2D eigenvalue weighted by molar-refractivity contribution is 7.92. The maximum Gasteiger partial charge on any atom is 0.255 e. The van der Waals surface area contributed by atoms with Crippen molar-refractivity contribution in [1.29, 1.82) is 0 Å². The first-order valence-electron chi connectivity index (χ1n) is 10.7. The lowest BCUT2D eigenvalue weighted by atomic mass is 10.1. The average Bonchev–Trinajstić information content (AvgIpc) is 2.81. The van der Waals surface area contributed by atoms with Crippen LogP contribution in [0, 0.1) is 6.92 Å². The number of aryl methyl sites for hydroxylation is 1. The average molecular weight is 481 g/mol. The van der Waals surface area contributed by atoms with Gasteiger partial charge >= 0.3 is 0 Å².